The van der Waals surface area contributed by atoms with E-state index >= 15 is 0 Å². The van der Waals surface area contributed by atoms with Gasteiger partial charge < -0.3 is 14.2 Å². The highest BCUT2D eigenvalue weighted by Gasteiger charge is 2.38. The molecule has 2 fully saturated rings. The molecule has 120 valence electrons. The van der Waals surface area contributed by atoms with Gasteiger partial charge in [-0.3, -0.25) is 4.79 Å². The summed E-state index contributed by atoms with van der Waals surface area (Å²) in [6, 6.07) is 6.57. The van der Waals surface area contributed by atoms with Crippen molar-refractivity contribution < 1.29 is 28.6 Å². The van der Waals surface area contributed by atoms with Gasteiger partial charge in [-0.15, -0.1) is 0 Å². The molecule has 1 heterocycles. The van der Waals surface area contributed by atoms with E-state index in [0.717, 1.165) is 12.8 Å². The number of hydrogen-bond acceptors (Lipinski definition) is 6. The Morgan fingerprint density at radius 2 is 1.87 bits per heavy atom. The van der Waals surface area contributed by atoms with Gasteiger partial charge in [-0.05, 0) is 36.6 Å². The molecule has 6 heteroatoms. The Labute approximate surface area is 133 Å². The summed E-state index contributed by atoms with van der Waals surface area (Å²) in [5.74, 6) is -2.66. The van der Waals surface area contributed by atoms with E-state index in [4.69, 9.17) is 14.2 Å². The van der Waals surface area contributed by atoms with Gasteiger partial charge in [-0.2, -0.15) is 0 Å². The second-order valence-corrected chi connectivity index (χ2v) is 6.00. The zero-order valence-corrected chi connectivity index (χ0v) is 12.8. The van der Waals surface area contributed by atoms with Crippen molar-refractivity contribution in [2.45, 2.75) is 32.5 Å². The van der Waals surface area contributed by atoms with Crippen LogP contribution in [0.25, 0.3) is 6.08 Å². The summed E-state index contributed by atoms with van der Waals surface area (Å²) in [7, 11) is 0. The van der Waals surface area contributed by atoms with Crippen molar-refractivity contribution in [3.8, 4) is 5.75 Å². The molecule has 0 spiro atoms. The summed E-state index contributed by atoms with van der Waals surface area (Å²) >= 11 is 0. The Bertz CT molecular complexity index is 690. The number of esters is 3. The number of ether oxygens (including phenoxy) is 3. The average molecular weight is 316 g/mol. The summed E-state index contributed by atoms with van der Waals surface area (Å²) < 4.78 is 15.3. The molecule has 1 aliphatic carbocycles. The third-order valence-corrected chi connectivity index (χ3v) is 3.42. The number of hydrogen-bond donors (Lipinski definition) is 0. The quantitative estimate of drug-likeness (QED) is 0.368. The molecule has 0 aromatic heterocycles. The predicted octanol–water partition coefficient (Wildman–Crippen LogP) is 2.22. The molecule has 1 aromatic carbocycles. The lowest BCUT2D eigenvalue weighted by Crippen LogP contribution is -2.41. The number of carbonyl (C=O) groups excluding carboxylic acids is 3. The Balaban J connectivity index is 1.80. The van der Waals surface area contributed by atoms with Crippen molar-refractivity contribution in [2.75, 3.05) is 0 Å². The molecule has 0 radical (unpaired) electrons. The fourth-order valence-electron chi connectivity index (χ4n) is 2.13. The Hall–Kier alpha value is -2.63. The molecule has 0 amide bonds. The highest BCUT2D eigenvalue weighted by atomic mass is 16.7. The van der Waals surface area contributed by atoms with Crippen molar-refractivity contribution in [1.82, 2.24) is 0 Å². The molecule has 2 aliphatic rings. The summed E-state index contributed by atoms with van der Waals surface area (Å²) in [4.78, 5) is 35.5. The summed E-state index contributed by atoms with van der Waals surface area (Å²) in [5, 5.41) is 0. The molecule has 3 rings (SSSR count). The zero-order chi connectivity index (χ0) is 16.6. The summed E-state index contributed by atoms with van der Waals surface area (Å²) in [6.45, 7) is 2.97. The van der Waals surface area contributed by atoms with Gasteiger partial charge >= 0.3 is 17.9 Å². The third kappa shape index (κ3) is 3.59. The van der Waals surface area contributed by atoms with Gasteiger partial charge in [0.2, 0.25) is 0 Å². The second-order valence-electron chi connectivity index (χ2n) is 6.00. The van der Waals surface area contributed by atoms with E-state index in [-0.39, 0.29) is 17.5 Å². The smallest absolute Gasteiger partial charge is 0.348 e. The third-order valence-electron chi connectivity index (χ3n) is 3.42. The lowest BCUT2D eigenvalue weighted by atomic mass is 10.1. The van der Waals surface area contributed by atoms with Crippen LogP contribution in [-0.2, 0) is 23.9 Å². The first kappa shape index (κ1) is 15.3. The van der Waals surface area contributed by atoms with Crippen LogP contribution in [0.15, 0.2) is 29.8 Å². The standard InChI is InChI=1S/C17H16O6/c1-17(2)22-15(19)13(16(20)23-17)9-10-4-3-5-12(8-10)21-14(18)11-6-7-11/h3-5,8-9,11H,6-7H2,1-2H3. The molecular weight excluding hydrogens is 300 g/mol. The molecule has 1 saturated carbocycles. The van der Waals surface area contributed by atoms with Crippen LogP contribution in [-0.4, -0.2) is 23.7 Å². The topological polar surface area (TPSA) is 78.9 Å². The van der Waals surface area contributed by atoms with Gasteiger partial charge in [0.25, 0.3) is 5.79 Å². The van der Waals surface area contributed by atoms with Crippen LogP contribution in [0.5, 0.6) is 5.75 Å². The minimum atomic E-state index is -1.27. The van der Waals surface area contributed by atoms with E-state index < -0.39 is 17.7 Å². The molecule has 0 bridgehead atoms. The molecule has 1 aromatic rings. The number of carbonyl (C=O) groups is 3. The van der Waals surface area contributed by atoms with Gasteiger partial charge in [0.15, 0.2) is 0 Å². The Morgan fingerprint density at radius 1 is 1.22 bits per heavy atom. The van der Waals surface area contributed by atoms with Crippen LogP contribution in [0.1, 0.15) is 32.3 Å². The van der Waals surface area contributed by atoms with Gasteiger partial charge in [0.05, 0.1) is 5.92 Å². The van der Waals surface area contributed by atoms with Gasteiger partial charge in [0, 0.05) is 13.8 Å². The fourth-order valence-corrected chi connectivity index (χ4v) is 2.13. The van der Waals surface area contributed by atoms with E-state index in [1.54, 1.807) is 24.3 Å². The van der Waals surface area contributed by atoms with Crippen molar-refractivity contribution >= 4 is 24.0 Å². The molecule has 0 unspecified atom stereocenters. The van der Waals surface area contributed by atoms with Crippen LogP contribution in [0.3, 0.4) is 0 Å². The first-order chi connectivity index (χ1) is 10.8. The maximum Gasteiger partial charge on any atom is 0.348 e. The van der Waals surface area contributed by atoms with Crippen molar-refractivity contribution in [2.24, 2.45) is 5.92 Å². The molecule has 0 N–H and O–H groups in total. The van der Waals surface area contributed by atoms with E-state index in [0.29, 0.717) is 11.3 Å². The maximum atomic E-state index is 11.9. The molecule has 23 heavy (non-hydrogen) atoms. The lowest BCUT2D eigenvalue weighted by molar-refractivity contribution is -0.222. The zero-order valence-electron chi connectivity index (χ0n) is 12.8. The van der Waals surface area contributed by atoms with Crippen LogP contribution in [0.4, 0.5) is 0 Å². The van der Waals surface area contributed by atoms with E-state index in [2.05, 4.69) is 0 Å². The fraction of sp³-hybridized carbons (Fsp3) is 0.353. The van der Waals surface area contributed by atoms with E-state index in [9.17, 15) is 14.4 Å². The van der Waals surface area contributed by atoms with Crippen LogP contribution in [0.2, 0.25) is 0 Å². The van der Waals surface area contributed by atoms with Crippen LogP contribution >= 0.6 is 0 Å². The van der Waals surface area contributed by atoms with E-state index in [1.165, 1.54) is 19.9 Å². The minimum Gasteiger partial charge on any atom is -0.426 e. The Kier molecular flexibility index (Phi) is 3.67. The normalized spacial score (nSPS) is 19.7. The Morgan fingerprint density at radius 3 is 2.48 bits per heavy atom. The molecule has 1 saturated heterocycles. The SMILES string of the molecule is CC1(C)OC(=O)C(=Cc2cccc(OC(=O)C3CC3)c2)C(=O)O1. The van der Waals surface area contributed by atoms with Crippen molar-refractivity contribution in [3.63, 3.8) is 0 Å². The largest absolute Gasteiger partial charge is 0.426 e. The predicted molar refractivity (Wildman–Crippen MR) is 79.0 cm³/mol. The van der Waals surface area contributed by atoms with Crippen molar-refractivity contribution in [1.29, 1.82) is 0 Å². The highest BCUT2D eigenvalue weighted by molar-refractivity contribution is 6.18. The van der Waals surface area contributed by atoms with Gasteiger partial charge in [-0.1, -0.05) is 12.1 Å². The average Bonchev–Trinajstić information content (AvgIpc) is 3.27. The minimum absolute atomic E-state index is 0.0115. The summed E-state index contributed by atoms with van der Waals surface area (Å²) in [5.41, 5.74) is 0.338. The summed E-state index contributed by atoms with van der Waals surface area (Å²) in [6.07, 6.45) is 3.07. The number of rotatable bonds is 3. The van der Waals surface area contributed by atoms with Crippen LogP contribution < -0.4 is 4.74 Å². The first-order valence-electron chi connectivity index (χ1n) is 7.34. The molecule has 0 atom stereocenters. The monoisotopic (exact) mass is 316 g/mol. The molecule has 6 nitrogen and oxygen atoms in total. The number of cyclic esters (lactones) is 2. The second kappa shape index (κ2) is 5.53. The van der Waals surface area contributed by atoms with E-state index in [1.807, 2.05) is 0 Å². The van der Waals surface area contributed by atoms with Crippen molar-refractivity contribution in [3.05, 3.63) is 35.4 Å². The molecule has 1 aliphatic heterocycles. The number of benzene rings is 1. The van der Waals surface area contributed by atoms with Gasteiger partial charge in [-0.25, -0.2) is 9.59 Å². The highest BCUT2D eigenvalue weighted by Crippen LogP contribution is 2.31. The maximum absolute atomic E-state index is 11.9. The first-order valence-corrected chi connectivity index (χ1v) is 7.34. The van der Waals surface area contributed by atoms with Gasteiger partial charge in [0.1, 0.15) is 11.3 Å². The van der Waals surface area contributed by atoms with Crippen LogP contribution in [0, 0.1) is 5.92 Å². The molecular formula is C17H16O6. The lowest BCUT2D eigenvalue weighted by Gasteiger charge is -2.29.